The predicted octanol–water partition coefficient (Wildman–Crippen LogP) is 1.14. The summed E-state index contributed by atoms with van der Waals surface area (Å²) in [4.78, 5) is 39.0. The average Bonchev–Trinajstić information content (AvgIpc) is 3.21. The van der Waals surface area contributed by atoms with Gasteiger partial charge in [-0.2, -0.15) is 0 Å². The Balaban J connectivity index is 1.38. The first kappa shape index (κ1) is 21.7. The highest BCUT2D eigenvalue weighted by Crippen LogP contribution is 2.20. The van der Waals surface area contributed by atoms with Crippen LogP contribution in [0.25, 0.3) is 0 Å². The Morgan fingerprint density at radius 2 is 1.93 bits per heavy atom. The molecule has 1 saturated heterocycles. The fraction of sp³-hybridized carbons (Fsp3) is 0.450. The molecule has 0 radical (unpaired) electrons. The molecule has 2 heterocycles. The van der Waals surface area contributed by atoms with Gasteiger partial charge in [0.05, 0.1) is 12.8 Å². The second kappa shape index (κ2) is 10.1. The molecule has 1 aliphatic rings. The molecule has 2 N–H and O–H groups in total. The molecule has 9 nitrogen and oxygen atoms in total. The van der Waals surface area contributed by atoms with Gasteiger partial charge < -0.3 is 20.3 Å². The lowest BCUT2D eigenvalue weighted by molar-refractivity contribution is -0.139. The molecule has 1 fully saturated rings. The maximum atomic E-state index is 12.5. The van der Waals surface area contributed by atoms with E-state index in [-0.39, 0.29) is 18.4 Å². The number of methoxy groups -OCH3 is 1. The number of carbonyl (C=O) groups excluding carboxylic acids is 3. The van der Waals surface area contributed by atoms with Crippen molar-refractivity contribution in [1.29, 1.82) is 0 Å². The summed E-state index contributed by atoms with van der Waals surface area (Å²) < 4.78 is 8.96. The average molecular weight is 432 g/mol. The molecule has 10 heteroatoms. The molecule has 3 amide bonds. The van der Waals surface area contributed by atoms with Crippen molar-refractivity contribution in [2.75, 3.05) is 26.7 Å². The molecule has 0 bridgehead atoms. The Hall–Kier alpha value is -3.01. The molecule has 0 saturated carbocycles. The fourth-order valence-corrected chi connectivity index (χ4v) is 3.90. The minimum atomic E-state index is -0.668. The molecule has 0 aliphatic carbocycles. The van der Waals surface area contributed by atoms with Crippen LogP contribution in [0.5, 0.6) is 5.75 Å². The van der Waals surface area contributed by atoms with Gasteiger partial charge in [0.1, 0.15) is 10.6 Å². The number of amides is 3. The van der Waals surface area contributed by atoms with Crippen molar-refractivity contribution in [3.63, 3.8) is 0 Å². The van der Waals surface area contributed by atoms with Crippen LogP contribution in [0.15, 0.2) is 24.3 Å². The minimum absolute atomic E-state index is 0.0399. The zero-order chi connectivity index (χ0) is 21.5. The zero-order valence-electron chi connectivity index (χ0n) is 17.0. The van der Waals surface area contributed by atoms with Crippen LogP contribution in [0, 0.1) is 12.8 Å². The molecule has 0 atom stereocenters. The van der Waals surface area contributed by atoms with E-state index in [0.29, 0.717) is 36.0 Å². The third-order valence-corrected chi connectivity index (χ3v) is 5.91. The van der Waals surface area contributed by atoms with Crippen molar-refractivity contribution < 1.29 is 19.1 Å². The highest BCUT2D eigenvalue weighted by molar-refractivity contribution is 7.07. The van der Waals surface area contributed by atoms with Crippen LogP contribution >= 0.6 is 11.5 Å². The molecule has 1 aromatic heterocycles. The number of rotatable bonds is 6. The van der Waals surface area contributed by atoms with E-state index >= 15 is 0 Å². The Morgan fingerprint density at radius 1 is 1.20 bits per heavy atom. The number of nitrogens with one attached hydrogen (secondary N) is 2. The first-order valence-corrected chi connectivity index (χ1v) is 10.5. The summed E-state index contributed by atoms with van der Waals surface area (Å²) in [7, 11) is 1.57. The van der Waals surface area contributed by atoms with Gasteiger partial charge in [0, 0.05) is 26.2 Å². The van der Waals surface area contributed by atoms with E-state index in [0.717, 1.165) is 29.9 Å². The Labute approximate surface area is 179 Å². The number of benzene rings is 1. The third kappa shape index (κ3) is 5.53. The monoisotopic (exact) mass is 431 g/mol. The van der Waals surface area contributed by atoms with Gasteiger partial charge in [-0.3, -0.25) is 14.4 Å². The number of hydrogen-bond donors (Lipinski definition) is 2. The van der Waals surface area contributed by atoms with Crippen LogP contribution < -0.4 is 15.4 Å². The molecule has 1 aliphatic heterocycles. The minimum Gasteiger partial charge on any atom is -0.497 e. The van der Waals surface area contributed by atoms with Crippen molar-refractivity contribution >= 4 is 29.3 Å². The van der Waals surface area contributed by atoms with Gasteiger partial charge in [0.25, 0.3) is 5.91 Å². The van der Waals surface area contributed by atoms with Crippen LogP contribution in [0.4, 0.5) is 0 Å². The normalized spacial score (nSPS) is 14.3. The molecular weight excluding hydrogens is 406 g/mol. The van der Waals surface area contributed by atoms with Gasteiger partial charge in [-0.05, 0) is 54.9 Å². The highest BCUT2D eigenvalue weighted by atomic mass is 32.1. The number of carbonyl (C=O) groups is 3. The van der Waals surface area contributed by atoms with Gasteiger partial charge in [-0.1, -0.05) is 16.6 Å². The predicted molar refractivity (Wildman–Crippen MR) is 111 cm³/mol. The molecule has 1 aromatic carbocycles. The summed E-state index contributed by atoms with van der Waals surface area (Å²) in [5, 5.41) is 9.19. The summed E-state index contributed by atoms with van der Waals surface area (Å²) in [6.07, 6.45) is 1.53. The number of ether oxygens (including phenoxy) is 1. The first-order chi connectivity index (χ1) is 14.5. The quantitative estimate of drug-likeness (QED) is 0.663. The maximum Gasteiger partial charge on any atom is 0.309 e. The van der Waals surface area contributed by atoms with E-state index in [2.05, 4.69) is 20.2 Å². The molecule has 3 rings (SSSR count). The summed E-state index contributed by atoms with van der Waals surface area (Å²) >= 11 is 1.11. The van der Waals surface area contributed by atoms with Gasteiger partial charge in [-0.25, -0.2) is 0 Å². The van der Waals surface area contributed by atoms with Crippen molar-refractivity contribution in [2.24, 2.45) is 5.92 Å². The van der Waals surface area contributed by atoms with Gasteiger partial charge in [0.2, 0.25) is 0 Å². The van der Waals surface area contributed by atoms with E-state index in [9.17, 15) is 14.4 Å². The summed E-state index contributed by atoms with van der Waals surface area (Å²) in [5.41, 5.74) is 1.50. The summed E-state index contributed by atoms with van der Waals surface area (Å²) in [6.45, 7) is 3.65. The number of aryl methyl sites for hydroxylation is 1. The molecule has 30 heavy (non-hydrogen) atoms. The highest BCUT2D eigenvalue weighted by Gasteiger charge is 2.26. The smallest absolute Gasteiger partial charge is 0.309 e. The lowest BCUT2D eigenvalue weighted by Crippen LogP contribution is -2.44. The van der Waals surface area contributed by atoms with Crippen molar-refractivity contribution in [1.82, 2.24) is 25.1 Å². The lowest BCUT2D eigenvalue weighted by atomic mass is 9.96. The SMILES string of the molecule is COc1cccc(CNC(=O)C(=O)NCC2CCN(C(=O)c3snnc3C)CC2)c1. The van der Waals surface area contributed by atoms with Crippen LogP contribution in [-0.2, 0) is 16.1 Å². The van der Waals surface area contributed by atoms with Crippen LogP contribution in [0.3, 0.4) is 0 Å². The first-order valence-electron chi connectivity index (χ1n) is 9.75. The van der Waals surface area contributed by atoms with E-state index in [1.54, 1.807) is 25.0 Å². The zero-order valence-corrected chi connectivity index (χ0v) is 17.8. The fourth-order valence-electron chi connectivity index (χ4n) is 3.27. The molecule has 160 valence electrons. The van der Waals surface area contributed by atoms with Crippen molar-refractivity contribution in [3.8, 4) is 5.75 Å². The van der Waals surface area contributed by atoms with E-state index in [4.69, 9.17) is 4.74 Å². The molecule has 0 spiro atoms. The number of nitrogens with zero attached hydrogens (tertiary/aromatic N) is 3. The number of piperidine rings is 1. The van der Waals surface area contributed by atoms with Crippen LogP contribution in [0.1, 0.15) is 33.8 Å². The van der Waals surface area contributed by atoms with Gasteiger partial charge >= 0.3 is 11.8 Å². The van der Waals surface area contributed by atoms with Crippen LogP contribution in [0.2, 0.25) is 0 Å². The second-order valence-corrected chi connectivity index (χ2v) is 7.92. The van der Waals surface area contributed by atoms with Crippen molar-refractivity contribution in [2.45, 2.75) is 26.3 Å². The maximum absolute atomic E-state index is 12.5. The topological polar surface area (TPSA) is 114 Å². The van der Waals surface area contributed by atoms with Gasteiger partial charge in [0.15, 0.2) is 0 Å². The summed E-state index contributed by atoms with van der Waals surface area (Å²) in [6, 6.07) is 7.28. The Kier molecular flexibility index (Phi) is 7.34. The largest absolute Gasteiger partial charge is 0.497 e. The van der Waals surface area contributed by atoms with Crippen LogP contribution in [-0.4, -0.2) is 59.0 Å². The summed E-state index contributed by atoms with van der Waals surface area (Å²) in [5.74, 6) is -0.439. The standard InChI is InChI=1S/C20H25N5O4S/c1-13-17(30-24-23-13)20(28)25-8-6-14(7-9-25)11-21-18(26)19(27)22-12-15-4-3-5-16(10-15)29-2/h3-5,10,14H,6-9,11-12H2,1-2H3,(H,21,26)(H,22,27). The Bertz CT molecular complexity index is 908. The number of hydrogen-bond acceptors (Lipinski definition) is 7. The van der Waals surface area contributed by atoms with Crippen molar-refractivity contribution in [3.05, 3.63) is 40.4 Å². The third-order valence-electron chi connectivity index (χ3n) is 5.09. The van der Waals surface area contributed by atoms with Gasteiger partial charge in [-0.15, -0.1) is 5.10 Å². The number of likely N-dealkylation sites (tertiary alicyclic amines) is 1. The number of aromatic nitrogens is 2. The van der Waals surface area contributed by atoms with E-state index < -0.39 is 11.8 Å². The van der Waals surface area contributed by atoms with E-state index in [1.807, 2.05) is 18.2 Å². The van der Waals surface area contributed by atoms with E-state index in [1.165, 1.54) is 0 Å². The second-order valence-electron chi connectivity index (χ2n) is 7.17. The molecule has 2 aromatic rings. The lowest BCUT2D eigenvalue weighted by Gasteiger charge is -2.31. The molecular formula is C20H25N5O4S. The Morgan fingerprint density at radius 3 is 2.60 bits per heavy atom. The molecule has 0 unspecified atom stereocenters.